The third-order valence-electron chi connectivity index (χ3n) is 3.96. The second-order valence-electron chi connectivity index (χ2n) is 6.12. The molecule has 0 aliphatic carbocycles. The summed E-state index contributed by atoms with van der Waals surface area (Å²) in [5.74, 6) is 5.30. The predicted molar refractivity (Wildman–Crippen MR) is 108 cm³/mol. The van der Waals surface area contributed by atoms with E-state index in [0.717, 1.165) is 29.5 Å². The summed E-state index contributed by atoms with van der Waals surface area (Å²) in [6.45, 7) is 1.56. The lowest BCUT2D eigenvalue weighted by Crippen LogP contribution is -2.25. The van der Waals surface area contributed by atoms with Gasteiger partial charge in [-0.1, -0.05) is 53.7 Å². The molecule has 0 fully saturated rings. The molecule has 1 amide bonds. The monoisotopic (exact) mass is 440 g/mol. The van der Waals surface area contributed by atoms with E-state index in [0.29, 0.717) is 10.9 Å². The fraction of sp³-hybridized carbons (Fsp3) is 0.158. The Hall–Kier alpha value is -2.65. The van der Waals surface area contributed by atoms with Gasteiger partial charge in [0.25, 0.3) is 0 Å². The van der Waals surface area contributed by atoms with Gasteiger partial charge in [-0.15, -0.1) is 0 Å². The molecule has 0 aliphatic heterocycles. The van der Waals surface area contributed by atoms with E-state index in [1.807, 2.05) is 30.3 Å². The van der Waals surface area contributed by atoms with Gasteiger partial charge in [-0.25, -0.2) is 9.66 Å². The van der Waals surface area contributed by atoms with E-state index in [4.69, 9.17) is 17.4 Å². The topological polar surface area (TPSA) is 72.9 Å². The number of carbonyl (C=O) groups excluding carboxylic acids is 1. The summed E-state index contributed by atoms with van der Waals surface area (Å²) in [6, 6.07) is 12.5. The highest BCUT2D eigenvalue weighted by Gasteiger charge is 2.34. The van der Waals surface area contributed by atoms with Crippen LogP contribution in [-0.4, -0.2) is 20.8 Å². The number of nitrogens with two attached hydrogens (primary N) is 1. The van der Waals surface area contributed by atoms with Crippen LogP contribution in [0.3, 0.4) is 0 Å². The maximum atomic E-state index is 13.2. The van der Waals surface area contributed by atoms with Gasteiger partial charge >= 0.3 is 6.18 Å². The molecule has 0 saturated heterocycles. The number of carbonyl (C=O) groups is 1. The fourth-order valence-corrected chi connectivity index (χ4v) is 3.50. The Kier molecular flexibility index (Phi) is 6.09. The number of halogens is 4. The van der Waals surface area contributed by atoms with Crippen molar-refractivity contribution in [1.82, 2.24) is 9.66 Å². The van der Waals surface area contributed by atoms with Crippen LogP contribution in [-0.2, 0) is 11.0 Å². The number of rotatable bonds is 5. The van der Waals surface area contributed by atoms with Gasteiger partial charge in [0.05, 0.1) is 28.4 Å². The largest absolute Gasteiger partial charge is 0.418 e. The summed E-state index contributed by atoms with van der Waals surface area (Å²) >= 11 is 6.69. The minimum absolute atomic E-state index is 0.0728. The highest BCUT2D eigenvalue weighted by atomic mass is 35.5. The van der Waals surface area contributed by atoms with Gasteiger partial charge in [0.15, 0.2) is 5.16 Å². The number of imidazole rings is 1. The molecule has 5 nitrogen and oxygen atoms in total. The molecule has 0 aliphatic rings. The van der Waals surface area contributed by atoms with E-state index in [2.05, 4.69) is 10.3 Å². The number of nitrogens with one attached hydrogen (secondary N) is 1. The van der Waals surface area contributed by atoms with Crippen molar-refractivity contribution in [2.45, 2.75) is 23.5 Å². The highest BCUT2D eigenvalue weighted by Crippen LogP contribution is 2.37. The number of nitrogens with zero attached hydrogens (tertiary/aromatic N) is 2. The Morgan fingerprint density at radius 3 is 2.59 bits per heavy atom. The quantitative estimate of drug-likeness (QED) is 0.430. The minimum atomic E-state index is -4.65. The fourth-order valence-electron chi connectivity index (χ4n) is 2.52. The van der Waals surface area contributed by atoms with Crippen LogP contribution in [0, 0.1) is 0 Å². The first kappa shape index (κ1) is 21.1. The number of nitrogen functional groups attached to an aromatic ring is 1. The zero-order chi connectivity index (χ0) is 21.2. The van der Waals surface area contributed by atoms with Gasteiger partial charge in [0.1, 0.15) is 0 Å². The maximum Gasteiger partial charge on any atom is 0.418 e. The Bertz CT molecular complexity index is 1020. The summed E-state index contributed by atoms with van der Waals surface area (Å²) in [7, 11) is 0. The van der Waals surface area contributed by atoms with Crippen molar-refractivity contribution >= 4 is 35.0 Å². The third kappa shape index (κ3) is 5.04. The van der Waals surface area contributed by atoms with Gasteiger partial charge in [-0.05, 0) is 25.1 Å². The summed E-state index contributed by atoms with van der Waals surface area (Å²) < 4.78 is 40.9. The van der Waals surface area contributed by atoms with Crippen LogP contribution in [0.2, 0.25) is 5.02 Å². The van der Waals surface area contributed by atoms with E-state index in [1.165, 1.54) is 10.7 Å². The molecule has 152 valence electrons. The second-order valence-corrected chi connectivity index (χ2v) is 7.86. The molecule has 0 spiro atoms. The second kappa shape index (κ2) is 8.38. The summed E-state index contributed by atoms with van der Waals surface area (Å²) in [5.41, 5.74) is 0.106. The number of anilines is 1. The van der Waals surface area contributed by atoms with E-state index >= 15 is 0 Å². The number of benzene rings is 2. The highest BCUT2D eigenvalue weighted by molar-refractivity contribution is 8.00. The smallest absolute Gasteiger partial charge is 0.337 e. The Morgan fingerprint density at radius 1 is 1.24 bits per heavy atom. The van der Waals surface area contributed by atoms with Crippen molar-refractivity contribution in [3.05, 3.63) is 65.3 Å². The van der Waals surface area contributed by atoms with Crippen LogP contribution in [0.25, 0.3) is 11.3 Å². The Labute approximate surface area is 174 Å². The van der Waals surface area contributed by atoms with E-state index in [1.54, 1.807) is 13.1 Å². The van der Waals surface area contributed by atoms with Crippen LogP contribution in [0.5, 0.6) is 0 Å². The molecule has 1 unspecified atom stereocenters. The molecule has 3 N–H and O–H groups in total. The van der Waals surface area contributed by atoms with Gasteiger partial charge in [-0.3, -0.25) is 4.79 Å². The standard InChI is InChI=1S/C19H16ClF3N4OS/c1-11(17(28)25-15-8-7-13(20)9-14(15)19(21,22)23)29-18-26-16(10-27(18)24)12-5-3-2-4-6-12/h2-11H,24H2,1H3,(H,25,28). The lowest BCUT2D eigenvalue weighted by molar-refractivity contribution is -0.137. The first-order valence-corrected chi connectivity index (χ1v) is 9.65. The van der Waals surface area contributed by atoms with Crippen LogP contribution < -0.4 is 11.2 Å². The SMILES string of the molecule is CC(Sc1nc(-c2ccccc2)cn1N)C(=O)Nc1ccc(Cl)cc1C(F)(F)F. The van der Waals surface area contributed by atoms with E-state index < -0.39 is 22.9 Å². The first-order chi connectivity index (χ1) is 13.6. The molecule has 10 heteroatoms. The van der Waals surface area contributed by atoms with Gasteiger partial charge < -0.3 is 11.2 Å². The summed E-state index contributed by atoms with van der Waals surface area (Å²) in [6.07, 6.45) is -3.04. The normalized spacial score (nSPS) is 12.6. The average molecular weight is 441 g/mol. The number of alkyl halides is 3. The van der Waals surface area contributed by atoms with E-state index in [-0.39, 0.29) is 10.7 Å². The number of aromatic nitrogens is 2. The average Bonchev–Trinajstić information content (AvgIpc) is 3.03. The van der Waals surface area contributed by atoms with Crippen molar-refractivity contribution in [1.29, 1.82) is 0 Å². The number of thioether (sulfide) groups is 1. The zero-order valence-electron chi connectivity index (χ0n) is 15.1. The predicted octanol–water partition coefficient (Wildman–Crippen LogP) is 5.06. The summed E-state index contributed by atoms with van der Waals surface area (Å²) in [5, 5.41) is 1.84. The Morgan fingerprint density at radius 2 is 1.93 bits per heavy atom. The number of hydrogen-bond acceptors (Lipinski definition) is 4. The first-order valence-electron chi connectivity index (χ1n) is 8.39. The number of hydrogen-bond donors (Lipinski definition) is 2. The molecule has 29 heavy (non-hydrogen) atoms. The molecule has 1 heterocycles. The molecule has 0 radical (unpaired) electrons. The summed E-state index contributed by atoms with van der Waals surface area (Å²) in [4.78, 5) is 16.9. The maximum absolute atomic E-state index is 13.2. The molecule has 0 bridgehead atoms. The van der Waals surface area contributed by atoms with Crippen molar-refractivity contribution in [2.75, 3.05) is 11.2 Å². The van der Waals surface area contributed by atoms with Gasteiger partial charge in [-0.2, -0.15) is 13.2 Å². The lowest BCUT2D eigenvalue weighted by atomic mass is 10.1. The van der Waals surface area contributed by atoms with Crippen LogP contribution >= 0.6 is 23.4 Å². The van der Waals surface area contributed by atoms with E-state index in [9.17, 15) is 18.0 Å². The minimum Gasteiger partial charge on any atom is -0.337 e. The van der Waals surface area contributed by atoms with Gasteiger partial charge in [0, 0.05) is 10.6 Å². The molecule has 2 aromatic carbocycles. The van der Waals surface area contributed by atoms with Crippen LogP contribution in [0.1, 0.15) is 12.5 Å². The number of amides is 1. The molecule has 3 rings (SSSR count). The molecule has 1 atom stereocenters. The van der Waals surface area contributed by atoms with Gasteiger partial charge in [0.2, 0.25) is 5.91 Å². The van der Waals surface area contributed by atoms with Crippen LogP contribution in [0.15, 0.2) is 59.9 Å². The van der Waals surface area contributed by atoms with Crippen molar-refractivity contribution in [3.8, 4) is 11.3 Å². The van der Waals surface area contributed by atoms with Crippen molar-refractivity contribution < 1.29 is 18.0 Å². The lowest BCUT2D eigenvalue weighted by Gasteiger charge is -2.16. The van der Waals surface area contributed by atoms with Crippen molar-refractivity contribution in [3.63, 3.8) is 0 Å². The molecule has 0 saturated carbocycles. The molecular weight excluding hydrogens is 425 g/mol. The molecule has 3 aromatic rings. The molecule has 1 aromatic heterocycles. The molecular formula is C19H16ClF3N4OS. The third-order valence-corrected chi connectivity index (χ3v) is 5.28. The zero-order valence-corrected chi connectivity index (χ0v) is 16.6. The van der Waals surface area contributed by atoms with Crippen molar-refractivity contribution in [2.24, 2.45) is 0 Å². The Balaban J connectivity index is 1.75. The van der Waals surface area contributed by atoms with Crippen LogP contribution in [0.4, 0.5) is 18.9 Å².